The second-order valence-corrected chi connectivity index (χ2v) is 20.9. The van der Waals surface area contributed by atoms with Crippen molar-refractivity contribution in [2.75, 3.05) is 26.4 Å². The molecule has 1 fully saturated rings. The van der Waals surface area contributed by atoms with E-state index in [4.69, 9.17) is 18.9 Å². The number of allylic oxidation sites excluding steroid dienone is 4. The van der Waals surface area contributed by atoms with Crippen molar-refractivity contribution in [3.8, 4) is 0 Å². The van der Waals surface area contributed by atoms with Crippen molar-refractivity contribution in [1.29, 1.82) is 0 Å². The number of aliphatic hydroxyl groups excluding tert-OH is 3. The van der Waals surface area contributed by atoms with E-state index in [1.165, 1.54) is 199 Å². The highest BCUT2D eigenvalue weighted by Crippen LogP contribution is 2.26. The molecule has 1 rings (SSSR count). The van der Waals surface area contributed by atoms with E-state index in [0.717, 1.165) is 38.5 Å². The zero-order valence-corrected chi connectivity index (χ0v) is 45.0. The maximum absolute atomic E-state index is 13.0. The van der Waals surface area contributed by atoms with Gasteiger partial charge in [-0.15, -0.1) is 0 Å². The van der Waals surface area contributed by atoms with Crippen molar-refractivity contribution in [3.63, 3.8) is 0 Å². The molecule has 69 heavy (non-hydrogen) atoms. The van der Waals surface area contributed by atoms with Gasteiger partial charge in [0, 0.05) is 13.0 Å². The van der Waals surface area contributed by atoms with Gasteiger partial charge in [-0.1, -0.05) is 218 Å². The summed E-state index contributed by atoms with van der Waals surface area (Å²) in [5, 5.41) is 30.8. The molecule has 1 heterocycles. The zero-order valence-electron chi connectivity index (χ0n) is 44.1. The molecule has 13 heteroatoms. The number of ether oxygens (including phenoxy) is 4. The predicted molar refractivity (Wildman–Crippen MR) is 281 cm³/mol. The second kappa shape index (κ2) is 47.6. The van der Waals surface area contributed by atoms with Gasteiger partial charge in [0.25, 0.3) is 0 Å². The zero-order chi connectivity index (χ0) is 50.3. The number of rotatable bonds is 51. The number of carbonyl (C=O) groups excluding carboxylic acids is 1. The van der Waals surface area contributed by atoms with E-state index in [1.54, 1.807) is 0 Å². The molecule has 408 valence electrons. The third-order valence-electron chi connectivity index (χ3n) is 13.3. The molecule has 6 unspecified atom stereocenters. The third-order valence-corrected chi connectivity index (χ3v) is 13.8. The highest BCUT2D eigenvalue weighted by atomic mass is 32.3. The lowest BCUT2D eigenvalue weighted by Gasteiger charge is -2.41. The molecule has 0 aromatic carbocycles. The molecule has 0 aromatic heterocycles. The van der Waals surface area contributed by atoms with Crippen LogP contribution < -0.4 is 0 Å². The minimum atomic E-state index is -5.07. The summed E-state index contributed by atoms with van der Waals surface area (Å²) >= 11 is 0. The second-order valence-electron chi connectivity index (χ2n) is 19.9. The molecule has 0 saturated carbocycles. The van der Waals surface area contributed by atoms with Crippen LogP contribution in [-0.2, 0) is 38.3 Å². The smallest absolute Gasteiger partial charge is 0.397 e. The molecule has 6 atom stereocenters. The van der Waals surface area contributed by atoms with Crippen LogP contribution in [0.2, 0.25) is 0 Å². The van der Waals surface area contributed by atoms with Gasteiger partial charge in [-0.2, -0.15) is 8.42 Å². The maximum Gasteiger partial charge on any atom is 0.397 e. The van der Waals surface area contributed by atoms with Crippen molar-refractivity contribution < 1.29 is 56.2 Å². The summed E-state index contributed by atoms with van der Waals surface area (Å²) in [5.41, 5.74) is 0. The summed E-state index contributed by atoms with van der Waals surface area (Å²) in [7, 11) is -5.07. The lowest BCUT2D eigenvalue weighted by atomic mass is 9.99. The Morgan fingerprint density at radius 1 is 0.536 bits per heavy atom. The quantitative estimate of drug-likeness (QED) is 0.0196. The van der Waals surface area contributed by atoms with Gasteiger partial charge in [0.2, 0.25) is 0 Å². The lowest BCUT2D eigenvalue weighted by molar-refractivity contribution is -0.301. The fourth-order valence-corrected chi connectivity index (χ4v) is 9.47. The molecule has 0 amide bonds. The van der Waals surface area contributed by atoms with E-state index in [9.17, 15) is 33.1 Å². The molecule has 0 aromatic rings. The van der Waals surface area contributed by atoms with Crippen molar-refractivity contribution in [1.82, 2.24) is 0 Å². The Morgan fingerprint density at radius 2 is 0.913 bits per heavy atom. The van der Waals surface area contributed by atoms with Gasteiger partial charge in [-0.3, -0.25) is 9.35 Å². The molecule has 12 nitrogen and oxygen atoms in total. The van der Waals surface area contributed by atoms with Crippen LogP contribution in [0.4, 0.5) is 0 Å². The van der Waals surface area contributed by atoms with Crippen molar-refractivity contribution in [3.05, 3.63) is 24.3 Å². The largest absolute Gasteiger partial charge is 0.457 e. The Kier molecular flexibility index (Phi) is 45.2. The topological polar surface area (TPSA) is 178 Å². The highest BCUT2D eigenvalue weighted by Gasteiger charge is 2.48. The Morgan fingerprint density at radius 3 is 1.30 bits per heavy atom. The number of hydrogen-bond donors (Lipinski definition) is 4. The summed E-state index contributed by atoms with van der Waals surface area (Å²) in [4.78, 5) is 13.0. The van der Waals surface area contributed by atoms with Gasteiger partial charge >= 0.3 is 16.4 Å². The predicted octanol–water partition coefficient (Wildman–Crippen LogP) is 13.9. The van der Waals surface area contributed by atoms with Gasteiger partial charge < -0.3 is 34.3 Å². The van der Waals surface area contributed by atoms with Crippen LogP contribution in [-0.4, -0.2) is 97.5 Å². The minimum Gasteiger partial charge on any atom is -0.457 e. The number of carbonyl (C=O) groups is 1. The summed E-state index contributed by atoms with van der Waals surface area (Å²) < 4.78 is 59.4. The van der Waals surface area contributed by atoms with Crippen molar-refractivity contribution >= 4 is 16.4 Å². The number of aliphatic hydroxyl groups is 3. The Labute approximate surface area is 422 Å². The van der Waals surface area contributed by atoms with E-state index < -0.39 is 59.8 Å². The molecule has 4 N–H and O–H groups in total. The first kappa shape index (κ1) is 65.6. The first-order chi connectivity index (χ1) is 33.6. The van der Waals surface area contributed by atoms with Gasteiger partial charge in [-0.05, 0) is 64.2 Å². The Balaban J connectivity index is 2.30. The molecular weight excluding hydrogens is 897 g/mol. The fourth-order valence-electron chi connectivity index (χ4n) is 8.96. The van der Waals surface area contributed by atoms with E-state index in [2.05, 4.69) is 42.3 Å². The van der Waals surface area contributed by atoms with E-state index in [0.29, 0.717) is 13.0 Å². The lowest BCUT2D eigenvalue weighted by Crippen LogP contribution is -2.60. The first-order valence-corrected chi connectivity index (χ1v) is 30.0. The summed E-state index contributed by atoms with van der Waals surface area (Å²) in [6.45, 7) is 4.03. The van der Waals surface area contributed by atoms with Crippen molar-refractivity contribution in [2.45, 2.75) is 301 Å². The van der Waals surface area contributed by atoms with E-state index >= 15 is 0 Å². The normalized spacial score (nSPS) is 19.3. The molecule has 0 spiro atoms. The molecule has 0 bridgehead atoms. The van der Waals surface area contributed by atoms with Gasteiger partial charge in [0.15, 0.2) is 6.29 Å². The number of esters is 1. The van der Waals surface area contributed by atoms with Crippen LogP contribution in [0.3, 0.4) is 0 Å². The SMILES string of the molecule is CCCCCCCCC/C=C\CCCCCCCCCCOCC(COC1OC(CO)C(O)C(OS(=O)(=O)O)C1O)OC(=O)CCCCCCCCCCCCC/C=C\CCCCCCCCCC. The minimum absolute atomic E-state index is 0.0372. The average molecular weight is 1000 g/mol. The molecule has 1 saturated heterocycles. The maximum atomic E-state index is 13.0. The first-order valence-electron chi connectivity index (χ1n) is 28.6. The molecule has 1 aliphatic heterocycles. The van der Waals surface area contributed by atoms with E-state index in [1.807, 2.05) is 0 Å². The molecule has 1 aliphatic rings. The van der Waals surface area contributed by atoms with Crippen molar-refractivity contribution in [2.24, 2.45) is 0 Å². The standard InChI is InChI=1S/C56H106O12S/c1-3-5-7-9-11-13-15-17-19-21-23-24-25-26-27-29-31-33-35-37-39-41-43-45-52(58)66-50(49-65-56-54(60)55(68-69(61,62)63)53(59)51(47-57)67-56)48-64-46-44-42-40-38-36-34-32-30-28-22-20-18-16-14-12-10-8-6-4-2/h20-23,50-51,53-57,59-60H,3-19,24-49H2,1-2H3,(H,61,62,63)/b22-20-,23-21-. The number of unbranched alkanes of at least 4 members (excludes halogenated alkanes) is 34. The third kappa shape index (κ3) is 40.7. The molecule has 0 radical (unpaired) electrons. The summed E-state index contributed by atoms with van der Waals surface area (Å²) in [5.74, 6) is -0.396. The van der Waals surface area contributed by atoms with Crippen LogP contribution in [0.15, 0.2) is 24.3 Å². The van der Waals surface area contributed by atoms with Crippen LogP contribution in [0, 0.1) is 0 Å². The van der Waals surface area contributed by atoms with Crippen LogP contribution in [0.1, 0.15) is 264 Å². The molecule has 0 aliphatic carbocycles. The fraction of sp³-hybridized carbons (Fsp3) is 0.911. The Hall–Kier alpha value is -1.42. The van der Waals surface area contributed by atoms with Gasteiger partial charge in [-0.25, -0.2) is 4.18 Å². The van der Waals surface area contributed by atoms with Crippen LogP contribution >= 0.6 is 0 Å². The number of hydrogen-bond acceptors (Lipinski definition) is 11. The summed E-state index contributed by atoms with van der Waals surface area (Å²) in [6.07, 6.45) is 47.8. The molecular formula is C56H106O12S. The average Bonchev–Trinajstić information content (AvgIpc) is 3.32. The Bertz CT molecular complexity index is 1300. The summed E-state index contributed by atoms with van der Waals surface area (Å²) in [6, 6.07) is 0. The van der Waals surface area contributed by atoms with Gasteiger partial charge in [0.05, 0.1) is 19.8 Å². The highest BCUT2D eigenvalue weighted by molar-refractivity contribution is 7.80. The van der Waals surface area contributed by atoms with Crippen LogP contribution in [0.25, 0.3) is 0 Å². The van der Waals surface area contributed by atoms with E-state index in [-0.39, 0.29) is 19.6 Å². The van der Waals surface area contributed by atoms with Crippen LogP contribution in [0.5, 0.6) is 0 Å². The monoisotopic (exact) mass is 1000 g/mol. The van der Waals surface area contributed by atoms with Gasteiger partial charge in [0.1, 0.15) is 30.5 Å².